The number of carbonyl (C=O) groups excluding carboxylic acids is 1. The smallest absolute Gasteiger partial charge is 0.255 e. The SMILES string of the molecule is O=C(NCCN1CCS(=O)(=O)CC1)c1ccccc1OC[C@H]1CCCO1. The van der Waals surface area contributed by atoms with Crippen LogP contribution in [-0.2, 0) is 14.6 Å². The molecule has 1 amide bonds. The Morgan fingerprint density at radius 1 is 1.27 bits per heavy atom. The van der Waals surface area contributed by atoms with Gasteiger partial charge in [0.25, 0.3) is 5.91 Å². The molecule has 1 aromatic carbocycles. The molecule has 0 spiro atoms. The normalized spacial score (nSPS) is 22.8. The van der Waals surface area contributed by atoms with Crippen LogP contribution in [0.1, 0.15) is 23.2 Å². The van der Waals surface area contributed by atoms with E-state index in [1.54, 1.807) is 12.1 Å². The number of rotatable bonds is 7. The van der Waals surface area contributed by atoms with Crippen LogP contribution in [0.3, 0.4) is 0 Å². The summed E-state index contributed by atoms with van der Waals surface area (Å²) in [6.07, 6.45) is 2.13. The highest BCUT2D eigenvalue weighted by atomic mass is 32.2. The van der Waals surface area contributed by atoms with Crippen molar-refractivity contribution in [1.82, 2.24) is 10.2 Å². The van der Waals surface area contributed by atoms with Crippen LogP contribution in [0.25, 0.3) is 0 Å². The number of hydrogen-bond donors (Lipinski definition) is 1. The maximum absolute atomic E-state index is 12.5. The molecule has 2 heterocycles. The predicted octanol–water partition coefficient (Wildman–Crippen LogP) is 0.705. The van der Waals surface area contributed by atoms with Crippen molar-refractivity contribution in [3.8, 4) is 5.75 Å². The van der Waals surface area contributed by atoms with Gasteiger partial charge in [-0.2, -0.15) is 0 Å². The number of nitrogens with one attached hydrogen (secondary N) is 1. The number of hydrogen-bond acceptors (Lipinski definition) is 6. The van der Waals surface area contributed by atoms with E-state index in [9.17, 15) is 13.2 Å². The van der Waals surface area contributed by atoms with Gasteiger partial charge in [-0.15, -0.1) is 0 Å². The van der Waals surface area contributed by atoms with Gasteiger partial charge in [-0.05, 0) is 25.0 Å². The van der Waals surface area contributed by atoms with Crippen LogP contribution in [-0.4, -0.2) is 76.2 Å². The standard InChI is InChI=1S/C18H26N2O5S/c21-18(19-7-8-20-9-12-26(22,23)13-10-20)16-5-1-2-6-17(16)25-14-15-4-3-11-24-15/h1-2,5-6,15H,3-4,7-14H2,(H,19,21)/t15-/m1/s1. The molecule has 1 atom stereocenters. The number of ether oxygens (including phenoxy) is 2. The van der Waals surface area contributed by atoms with Gasteiger partial charge in [-0.1, -0.05) is 12.1 Å². The molecule has 3 rings (SSSR count). The van der Waals surface area contributed by atoms with E-state index in [4.69, 9.17) is 9.47 Å². The summed E-state index contributed by atoms with van der Waals surface area (Å²) in [6.45, 7) is 3.39. The van der Waals surface area contributed by atoms with E-state index in [0.717, 1.165) is 19.4 Å². The minimum absolute atomic E-state index is 0.0986. The summed E-state index contributed by atoms with van der Waals surface area (Å²) in [5, 5.41) is 2.89. The summed E-state index contributed by atoms with van der Waals surface area (Å²) in [4.78, 5) is 14.5. The maximum Gasteiger partial charge on any atom is 0.255 e. The Morgan fingerprint density at radius 2 is 2.04 bits per heavy atom. The fourth-order valence-electron chi connectivity index (χ4n) is 3.14. The van der Waals surface area contributed by atoms with E-state index in [2.05, 4.69) is 10.2 Å². The molecule has 7 nitrogen and oxygen atoms in total. The molecular weight excluding hydrogens is 356 g/mol. The van der Waals surface area contributed by atoms with E-state index in [-0.39, 0.29) is 23.5 Å². The van der Waals surface area contributed by atoms with Gasteiger partial charge in [0.1, 0.15) is 12.4 Å². The molecule has 0 radical (unpaired) electrons. The second kappa shape index (κ2) is 8.83. The zero-order valence-corrected chi connectivity index (χ0v) is 15.7. The fraction of sp³-hybridized carbons (Fsp3) is 0.611. The molecule has 2 aliphatic heterocycles. The molecule has 26 heavy (non-hydrogen) atoms. The first-order valence-electron chi connectivity index (χ1n) is 9.08. The van der Waals surface area contributed by atoms with Crippen molar-refractivity contribution in [1.29, 1.82) is 0 Å². The first-order chi connectivity index (χ1) is 12.5. The molecule has 2 aliphatic rings. The molecule has 1 aromatic rings. The number of nitrogens with zero attached hydrogens (tertiary/aromatic N) is 1. The minimum atomic E-state index is -2.87. The average Bonchev–Trinajstić information content (AvgIpc) is 3.15. The largest absolute Gasteiger partial charge is 0.490 e. The number of amides is 1. The molecule has 1 N–H and O–H groups in total. The summed E-state index contributed by atoms with van der Waals surface area (Å²) in [5.41, 5.74) is 0.506. The summed E-state index contributed by atoms with van der Waals surface area (Å²) < 4.78 is 34.2. The highest BCUT2D eigenvalue weighted by molar-refractivity contribution is 7.91. The molecule has 8 heteroatoms. The van der Waals surface area contributed by atoms with Gasteiger partial charge in [0.05, 0.1) is 23.2 Å². The van der Waals surface area contributed by atoms with Gasteiger partial charge in [0.2, 0.25) is 0 Å². The van der Waals surface area contributed by atoms with Crippen molar-refractivity contribution < 1.29 is 22.7 Å². The van der Waals surface area contributed by atoms with Crippen LogP contribution in [0.5, 0.6) is 5.75 Å². The van der Waals surface area contributed by atoms with Crippen molar-refractivity contribution in [2.45, 2.75) is 18.9 Å². The number of para-hydroxylation sites is 1. The quantitative estimate of drug-likeness (QED) is 0.747. The highest BCUT2D eigenvalue weighted by Gasteiger charge is 2.22. The van der Waals surface area contributed by atoms with Gasteiger partial charge >= 0.3 is 0 Å². The molecule has 0 unspecified atom stereocenters. The van der Waals surface area contributed by atoms with E-state index >= 15 is 0 Å². The van der Waals surface area contributed by atoms with Crippen molar-refractivity contribution in [3.05, 3.63) is 29.8 Å². The Kier molecular flexibility index (Phi) is 6.50. The third-order valence-electron chi connectivity index (χ3n) is 4.73. The minimum Gasteiger partial charge on any atom is -0.490 e. The van der Waals surface area contributed by atoms with Gasteiger partial charge < -0.3 is 14.8 Å². The number of carbonyl (C=O) groups is 1. The molecule has 0 bridgehead atoms. The fourth-order valence-corrected chi connectivity index (χ4v) is 4.41. The highest BCUT2D eigenvalue weighted by Crippen LogP contribution is 2.20. The number of benzene rings is 1. The van der Waals surface area contributed by atoms with E-state index in [1.165, 1.54) is 0 Å². The number of sulfone groups is 1. The Hall–Kier alpha value is -1.64. The van der Waals surface area contributed by atoms with Crippen molar-refractivity contribution in [2.75, 3.05) is 50.9 Å². The summed E-state index contributed by atoms with van der Waals surface area (Å²) in [7, 11) is -2.87. The van der Waals surface area contributed by atoms with E-state index in [0.29, 0.717) is 44.1 Å². The van der Waals surface area contributed by atoms with Crippen LogP contribution in [0.4, 0.5) is 0 Å². The van der Waals surface area contributed by atoms with Gasteiger partial charge in [0.15, 0.2) is 9.84 Å². The Morgan fingerprint density at radius 3 is 2.77 bits per heavy atom. The second-order valence-electron chi connectivity index (χ2n) is 6.69. The lowest BCUT2D eigenvalue weighted by atomic mass is 10.2. The second-order valence-corrected chi connectivity index (χ2v) is 9.00. The third-order valence-corrected chi connectivity index (χ3v) is 6.34. The third kappa shape index (κ3) is 5.43. The molecule has 2 saturated heterocycles. The molecular formula is C18H26N2O5S. The van der Waals surface area contributed by atoms with Crippen molar-refractivity contribution >= 4 is 15.7 Å². The summed E-state index contributed by atoms with van der Waals surface area (Å²) in [6, 6.07) is 7.19. The van der Waals surface area contributed by atoms with Gasteiger partial charge in [0, 0.05) is 32.8 Å². The van der Waals surface area contributed by atoms with E-state index < -0.39 is 9.84 Å². The monoisotopic (exact) mass is 382 g/mol. The Labute approximate surface area is 154 Å². The van der Waals surface area contributed by atoms with Crippen molar-refractivity contribution in [2.24, 2.45) is 0 Å². The lowest BCUT2D eigenvalue weighted by molar-refractivity contribution is 0.0670. The van der Waals surface area contributed by atoms with E-state index in [1.807, 2.05) is 12.1 Å². The van der Waals surface area contributed by atoms with Crippen LogP contribution in [0, 0.1) is 0 Å². The first kappa shape index (κ1) is 19.1. The topological polar surface area (TPSA) is 84.9 Å². The zero-order chi connectivity index (χ0) is 18.4. The van der Waals surface area contributed by atoms with Gasteiger partial charge in [-0.3, -0.25) is 9.69 Å². The van der Waals surface area contributed by atoms with Crippen LogP contribution in [0.2, 0.25) is 0 Å². The molecule has 0 aromatic heterocycles. The average molecular weight is 382 g/mol. The maximum atomic E-state index is 12.5. The van der Waals surface area contributed by atoms with Crippen LogP contribution < -0.4 is 10.1 Å². The summed E-state index contributed by atoms with van der Waals surface area (Å²) in [5.74, 6) is 0.768. The lowest BCUT2D eigenvalue weighted by Crippen LogP contribution is -2.43. The Balaban J connectivity index is 1.46. The van der Waals surface area contributed by atoms with Crippen LogP contribution in [0.15, 0.2) is 24.3 Å². The molecule has 0 aliphatic carbocycles. The molecule has 2 fully saturated rings. The zero-order valence-electron chi connectivity index (χ0n) is 14.9. The van der Waals surface area contributed by atoms with Gasteiger partial charge in [-0.25, -0.2) is 8.42 Å². The molecule has 0 saturated carbocycles. The first-order valence-corrected chi connectivity index (χ1v) is 10.9. The predicted molar refractivity (Wildman–Crippen MR) is 98.3 cm³/mol. The Bertz CT molecular complexity index is 702. The molecule has 144 valence electrons. The van der Waals surface area contributed by atoms with Crippen LogP contribution >= 0.6 is 0 Å². The van der Waals surface area contributed by atoms with Crippen molar-refractivity contribution in [3.63, 3.8) is 0 Å². The lowest BCUT2D eigenvalue weighted by Gasteiger charge is -2.26. The summed E-state index contributed by atoms with van der Waals surface area (Å²) >= 11 is 0.